The van der Waals surface area contributed by atoms with Gasteiger partial charge in [0.25, 0.3) is 0 Å². The van der Waals surface area contributed by atoms with Crippen LogP contribution in [0.15, 0.2) is 22.9 Å². The van der Waals surface area contributed by atoms with Crippen molar-refractivity contribution in [3.8, 4) is 5.75 Å². The van der Waals surface area contributed by atoms with Gasteiger partial charge in [0, 0.05) is 5.39 Å². The van der Waals surface area contributed by atoms with E-state index in [4.69, 9.17) is 16.3 Å². The molecule has 0 radical (unpaired) electrons. The van der Waals surface area contributed by atoms with Crippen LogP contribution in [0.5, 0.6) is 5.75 Å². The van der Waals surface area contributed by atoms with Crippen molar-refractivity contribution in [1.29, 1.82) is 0 Å². The number of hydrogen-bond acceptors (Lipinski definition) is 4. The fourth-order valence-electron chi connectivity index (χ4n) is 1.75. The molecule has 3 rings (SSSR count). The van der Waals surface area contributed by atoms with E-state index in [1.807, 2.05) is 12.1 Å². The van der Waals surface area contributed by atoms with Crippen LogP contribution in [0, 0.1) is 0 Å². The van der Waals surface area contributed by atoms with Gasteiger partial charge >= 0.3 is 0 Å². The summed E-state index contributed by atoms with van der Waals surface area (Å²) < 4.78 is 8.24. The lowest BCUT2D eigenvalue weighted by molar-refractivity contribution is 0.418. The summed E-state index contributed by atoms with van der Waals surface area (Å²) in [4.78, 5) is 8.27. The van der Waals surface area contributed by atoms with Crippen LogP contribution >= 0.6 is 38.9 Å². The largest absolute Gasteiger partial charge is 0.494 e. The first-order valence-electron chi connectivity index (χ1n) is 4.77. The molecular formula is C11H6BrClN2OS. The van der Waals surface area contributed by atoms with Crippen LogP contribution in [0.4, 0.5) is 0 Å². The number of hydrogen-bond donors (Lipinski definition) is 0. The average molecular weight is 330 g/mol. The highest BCUT2D eigenvalue weighted by molar-refractivity contribution is 9.10. The van der Waals surface area contributed by atoms with Gasteiger partial charge in [0.15, 0.2) is 5.75 Å². The Hall–Kier alpha value is -0.910. The molecule has 2 heterocycles. The summed E-state index contributed by atoms with van der Waals surface area (Å²) in [5, 5.41) is 1.52. The zero-order valence-corrected chi connectivity index (χ0v) is 11.9. The molecule has 0 unspecified atom stereocenters. The van der Waals surface area contributed by atoms with Crippen LogP contribution in [0.25, 0.3) is 20.3 Å². The lowest BCUT2D eigenvalue weighted by Crippen LogP contribution is -1.84. The zero-order valence-electron chi connectivity index (χ0n) is 8.70. The minimum Gasteiger partial charge on any atom is -0.494 e. The second-order valence-electron chi connectivity index (χ2n) is 3.40. The quantitative estimate of drug-likeness (QED) is 0.625. The summed E-state index contributed by atoms with van der Waals surface area (Å²) in [6.45, 7) is 0. The molecule has 0 N–H and O–H groups in total. The Morgan fingerprint density at radius 2 is 2.12 bits per heavy atom. The summed E-state index contributed by atoms with van der Waals surface area (Å²) in [5.74, 6) is 0.807. The standard InChI is InChI=1S/C11H6BrClN2OS/c1-16-8-6(12)3-2-5-7-10(17-9(5)8)11(13)15-4-14-7/h2-4H,1H3. The van der Waals surface area contributed by atoms with Crippen LogP contribution in [-0.2, 0) is 0 Å². The monoisotopic (exact) mass is 328 g/mol. The lowest BCUT2D eigenvalue weighted by Gasteiger charge is -2.03. The fourth-order valence-corrected chi connectivity index (χ4v) is 3.79. The summed E-state index contributed by atoms with van der Waals surface area (Å²) in [5.41, 5.74) is 0.871. The van der Waals surface area contributed by atoms with Crippen molar-refractivity contribution >= 4 is 59.2 Å². The number of fused-ring (bicyclic) bond motifs is 3. The first kappa shape index (κ1) is 11.2. The van der Waals surface area contributed by atoms with E-state index in [0.29, 0.717) is 5.15 Å². The molecule has 0 spiro atoms. The summed E-state index contributed by atoms with van der Waals surface area (Å²) in [6, 6.07) is 3.95. The van der Waals surface area contributed by atoms with E-state index >= 15 is 0 Å². The van der Waals surface area contributed by atoms with Gasteiger partial charge in [-0.1, -0.05) is 11.6 Å². The molecule has 86 valence electrons. The van der Waals surface area contributed by atoms with Crippen molar-refractivity contribution in [3.63, 3.8) is 0 Å². The average Bonchev–Trinajstić information content (AvgIpc) is 2.69. The van der Waals surface area contributed by atoms with Gasteiger partial charge < -0.3 is 4.74 Å². The van der Waals surface area contributed by atoms with Crippen LogP contribution in [0.3, 0.4) is 0 Å². The van der Waals surface area contributed by atoms with Gasteiger partial charge in [-0.15, -0.1) is 11.3 Å². The van der Waals surface area contributed by atoms with Crippen molar-refractivity contribution in [3.05, 3.63) is 28.1 Å². The highest BCUT2D eigenvalue weighted by atomic mass is 79.9. The number of rotatable bonds is 1. The van der Waals surface area contributed by atoms with E-state index < -0.39 is 0 Å². The number of nitrogens with zero attached hydrogens (tertiary/aromatic N) is 2. The molecule has 3 nitrogen and oxygen atoms in total. The van der Waals surface area contributed by atoms with Crippen LogP contribution in [-0.4, -0.2) is 17.1 Å². The minimum atomic E-state index is 0.481. The normalized spacial score (nSPS) is 11.2. The Balaban J connectivity index is 2.55. The molecule has 0 saturated carbocycles. The highest BCUT2D eigenvalue weighted by Crippen LogP contribution is 2.43. The first-order valence-corrected chi connectivity index (χ1v) is 6.76. The maximum absolute atomic E-state index is 6.07. The third-order valence-electron chi connectivity index (χ3n) is 2.49. The topological polar surface area (TPSA) is 35.0 Å². The molecule has 2 aromatic heterocycles. The molecule has 1 aromatic carbocycles. The van der Waals surface area contributed by atoms with Crippen molar-refractivity contribution in [2.24, 2.45) is 0 Å². The first-order chi connectivity index (χ1) is 8.22. The Morgan fingerprint density at radius 3 is 2.88 bits per heavy atom. The van der Waals surface area contributed by atoms with Gasteiger partial charge in [-0.25, -0.2) is 9.97 Å². The lowest BCUT2D eigenvalue weighted by atomic mass is 10.2. The number of methoxy groups -OCH3 is 1. The maximum atomic E-state index is 6.07. The number of thiophene rings is 1. The van der Waals surface area contributed by atoms with E-state index in [-0.39, 0.29) is 0 Å². The highest BCUT2D eigenvalue weighted by Gasteiger charge is 2.15. The zero-order chi connectivity index (χ0) is 12.0. The minimum absolute atomic E-state index is 0.481. The van der Waals surface area contributed by atoms with E-state index in [0.717, 1.165) is 30.5 Å². The molecule has 0 fully saturated rings. The number of halogens is 2. The summed E-state index contributed by atoms with van der Waals surface area (Å²) >= 11 is 11.1. The smallest absolute Gasteiger partial charge is 0.150 e. The van der Waals surface area contributed by atoms with E-state index in [1.165, 1.54) is 6.33 Å². The molecule has 0 amide bonds. The van der Waals surface area contributed by atoms with Crippen LogP contribution in [0.1, 0.15) is 0 Å². The summed E-state index contributed by atoms with van der Waals surface area (Å²) in [6.07, 6.45) is 1.48. The molecular weight excluding hydrogens is 324 g/mol. The van der Waals surface area contributed by atoms with E-state index in [2.05, 4.69) is 25.9 Å². The van der Waals surface area contributed by atoms with Gasteiger partial charge in [-0.2, -0.15) is 0 Å². The molecule has 17 heavy (non-hydrogen) atoms. The third kappa shape index (κ3) is 1.61. The molecule has 3 aromatic rings. The molecule has 0 saturated heterocycles. The van der Waals surface area contributed by atoms with Crippen molar-refractivity contribution < 1.29 is 4.74 Å². The summed E-state index contributed by atoms with van der Waals surface area (Å²) in [7, 11) is 1.65. The van der Waals surface area contributed by atoms with Gasteiger partial charge in [0.2, 0.25) is 0 Å². The van der Waals surface area contributed by atoms with Crippen molar-refractivity contribution in [2.45, 2.75) is 0 Å². The number of aromatic nitrogens is 2. The van der Waals surface area contributed by atoms with Crippen LogP contribution < -0.4 is 4.74 Å². The molecule has 0 bridgehead atoms. The van der Waals surface area contributed by atoms with Gasteiger partial charge in [-0.3, -0.25) is 0 Å². The van der Waals surface area contributed by atoms with Gasteiger partial charge in [0.05, 0.1) is 26.5 Å². The predicted molar refractivity (Wildman–Crippen MR) is 74.2 cm³/mol. The molecule has 0 aliphatic carbocycles. The predicted octanol–water partition coefficient (Wildman–Crippen LogP) is 4.27. The molecule has 0 aliphatic heterocycles. The van der Waals surface area contributed by atoms with E-state index in [1.54, 1.807) is 18.4 Å². The Morgan fingerprint density at radius 1 is 1.29 bits per heavy atom. The van der Waals surface area contributed by atoms with Gasteiger partial charge in [-0.05, 0) is 28.1 Å². The van der Waals surface area contributed by atoms with Crippen molar-refractivity contribution in [1.82, 2.24) is 9.97 Å². The maximum Gasteiger partial charge on any atom is 0.150 e. The van der Waals surface area contributed by atoms with Gasteiger partial charge in [0.1, 0.15) is 11.5 Å². The number of ether oxygens (including phenoxy) is 1. The fraction of sp³-hybridized carbons (Fsp3) is 0.0909. The molecule has 6 heteroatoms. The SMILES string of the molecule is COc1c(Br)ccc2c1sc1c(Cl)ncnc12. The Labute approximate surface area is 115 Å². The Bertz CT molecular complexity index is 728. The van der Waals surface area contributed by atoms with E-state index in [9.17, 15) is 0 Å². The molecule has 0 atom stereocenters. The Kier molecular flexibility index (Phi) is 2.69. The third-order valence-corrected chi connectivity index (χ3v) is 4.71. The second kappa shape index (κ2) is 4.08. The van der Waals surface area contributed by atoms with Crippen molar-refractivity contribution in [2.75, 3.05) is 7.11 Å². The van der Waals surface area contributed by atoms with Crippen LogP contribution in [0.2, 0.25) is 5.15 Å². The molecule has 0 aliphatic rings. The number of benzene rings is 1. The second-order valence-corrected chi connectivity index (χ2v) is 5.63.